The van der Waals surface area contributed by atoms with E-state index in [0.29, 0.717) is 0 Å². The van der Waals surface area contributed by atoms with Crippen LogP contribution in [0.5, 0.6) is 0 Å². The van der Waals surface area contributed by atoms with Gasteiger partial charge in [-0.2, -0.15) is 0 Å². The lowest BCUT2D eigenvalue weighted by Crippen LogP contribution is -2.05. The van der Waals surface area contributed by atoms with Crippen LogP contribution in [0, 0.1) is 13.8 Å². The Labute approximate surface area is 94.0 Å². The molecule has 1 aromatic carbocycles. The van der Waals surface area contributed by atoms with Gasteiger partial charge in [-0.05, 0) is 37.5 Å². The smallest absolute Gasteiger partial charge is 0.0591 e. The second kappa shape index (κ2) is 4.69. The monoisotopic (exact) mass is 256 g/mol. The van der Waals surface area contributed by atoms with Gasteiger partial charge in [-0.15, -0.1) is 0 Å². The van der Waals surface area contributed by atoms with Crippen LogP contribution in [0.3, 0.4) is 0 Å². The minimum Gasteiger partial charge on any atom is -0.397 e. The number of benzene rings is 1. The van der Waals surface area contributed by atoms with Crippen LogP contribution < -0.4 is 11.1 Å². The van der Waals surface area contributed by atoms with E-state index in [1.165, 1.54) is 5.56 Å². The van der Waals surface area contributed by atoms with Crippen LogP contribution in [0.1, 0.15) is 24.5 Å². The largest absolute Gasteiger partial charge is 0.397 e. The number of nitrogen functional groups attached to an aromatic ring is 1. The summed E-state index contributed by atoms with van der Waals surface area (Å²) in [5.41, 5.74) is 10.2. The van der Waals surface area contributed by atoms with E-state index >= 15 is 0 Å². The van der Waals surface area contributed by atoms with Crippen molar-refractivity contribution in [2.45, 2.75) is 27.2 Å². The third-order valence-corrected chi connectivity index (χ3v) is 3.52. The number of anilines is 2. The number of aryl methyl sites for hydroxylation is 1. The van der Waals surface area contributed by atoms with Crippen molar-refractivity contribution in [1.29, 1.82) is 0 Å². The second-order valence-electron chi connectivity index (χ2n) is 3.52. The molecule has 2 nitrogen and oxygen atoms in total. The van der Waals surface area contributed by atoms with E-state index in [9.17, 15) is 0 Å². The number of hydrogen-bond acceptors (Lipinski definition) is 2. The molecule has 0 spiro atoms. The molecule has 0 heterocycles. The number of hydrogen-bond donors (Lipinski definition) is 2. The fourth-order valence-corrected chi connectivity index (χ4v) is 1.71. The maximum absolute atomic E-state index is 6.00. The third-order valence-electron chi connectivity index (χ3n) is 2.30. The molecule has 0 saturated carbocycles. The molecule has 0 fully saturated rings. The minimum atomic E-state index is 0.843. The van der Waals surface area contributed by atoms with Crippen LogP contribution in [-0.4, -0.2) is 6.54 Å². The van der Waals surface area contributed by atoms with Crippen molar-refractivity contribution < 1.29 is 0 Å². The molecule has 0 aliphatic heterocycles. The number of nitrogens with one attached hydrogen (secondary N) is 1. The van der Waals surface area contributed by atoms with Gasteiger partial charge >= 0.3 is 0 Å². The van der Waals surface area contributed by atoms with Crippen molar-refractivity contribution >= 4 is 27.3 Å². The molecule has 0 aromatic heterocycles. The van der Waals surface area contributed by atoms with Crippen LogP contribution in [0.2, 0.25) is 0 Å². The Balaban J connectivity index is 3.06. The van der Waals surface area contributed by atoms with Gasteiger partial charge in [0, 0.05) is 11.0 Å². The highest BCUT2D eigenvalue weighted by Crippen LogP contribution is 2.32. The molecule has 3 N–H and O–H groups in total. The summed E-state index contributed by atoms with van der Waals surface area (Å²) in [6, 6.07) is 2.09. The van der Waals surface area contributed by atoms with E-state index in [4.69, 9.17) is 5.73 Å². The molecule has 1 rings (SSSR count). The highest BCUT2D eigenvalue weighted by molar-refractivity contribution is 9.10. The Morgan fingerprint density at radius 3 is 2.64 bits per heavy atom. The molecule has 0 aliphatic rings. The SMILES string of the molecule is CCCNc1cc(C)c(Br)c(C)c1N. The van der Waals surface area contributed by atoms with Gasteiger partial charge in [-0.3, -0.25) is 0 Å². The van der Waals surface area contributed by atoms with Crippen molar-refractivity contribution in [2.24, 2.45) is 0 Å². The molecular weight excluding hydrogens is 240 g/mol. The van der Waals surface area contributed by atoms with Gasteiger partial charge in [0.15, 0.2) is 0 Å². The summed E-state index contributed by atoms with van der Waals surface area (Å²) in [7, 11) is 0. The standard InChI is InChI=1S/C11H17BrN2/c1-4-5-14-9-6-7(2)10(12)8(3)11(9)13/h6,14H,4-5,13H2,1-3H3. The molecule has 0 radical (unpaired) electrons. The fourth-order valence-electron chi connectivity index (χ4n) is 1.38. The lowest BCUT2D eigenvalue weighted by atomic mass is 10.1. The molecule has 1 aromatic rings. The van der Waals surface area contributed by atoms with E-state index in [1.807, 2.05) is 6.92 Å². The van der Waals surface area contributed by atoms with Gasteiger partial charge in [0.25, 0.3) is 0 Å². The zero-order valence-corrected chi connectivity index (χ0v) is 10.5. The van der Waals surface area contributed by atoms with E-state index < -0.39 is 0 Å². The normalized spacial score (nSPS) is 10.3. The number of rotatable bonds is 3. The molecule has 0 amide bonds. The predicted molar refractivity (Wildman–Crippen MR) is 66.8 cm³/mol. The van der Waals surface area contributed by atoms with Crippen LogP contribution in [0.4, 0.5) is 11.4 Å². The number of nitrogens with two attached hydrogens (primary N) is 1. The fraction of sp³-hybridized carbons (Fsp3) is 0.455. The number of halogens is 1. The first-order valence-electron chi connectivity index (χ1n) is 4.87. The summed E-state index contributed by atoms with van der Waals surface area (Å²) in [5.74, 6) is 0. The Kier molecular flexibility index (Phi) is 3.81. The van der Waals surface area contributed by atoms with Crippen molar-refractivity contribution in [3.8, 4) is 0 Å². The Hall–Kier alpha value is -0.700. The lowest BCUT2D eigenvalue weighted by molar-refractivity contribution is 0.979. The first kappa shape index (κ1) is 11.4. The Bertz CT molecular complexity index is 335. The maximum Gasteiger partial charge on any atom is 0.0591 e. The lowest BCUT2D eigenvalue weighted by Gasteiger charge is -2.14. The summed E-state index contributed by atoms with van der Waals surface area (Å²) in [6.45, 7) is 7.21. The highest BCUT2D eigenvalue weighted by atomic mass is 79.9. The van der Waals surface area contributed by atoms with Crippen molar-refractivity contribution in [3.63, 3.8) is 0 Å². The Morgan fingerprint density at radius 1 is 1.43 bits per heavy atom. The minimum absolute atomic E-state index is 0.843. The van der Waals surface area contributed by atoms with E-state index in [2.05, 4.69) is 41.2 Å². The summed E-state index contributed by atoms with van der Waals surface area (Å²) < 4.78 is 1.11. The van der Waals surface area contributed by atoms with Gasteiger partial charge in [-0.1, -0.05) is 22.9 Å². The molecule has 0 atom stereocenters. The first-order valence-corrected chi connectivity index (χ1v) is 5.66. The van der Waals surface area contributed by atoms with Gasteiger partial charge in [0.2, 0.25) is 0 Å². The van der Waals surface area contributed by atoms with Gasteiger partial charge in [0.05, 0.1) is 11.4 Å². The first-order chi connectivity index (χ1) is 6.57. The summed E-state index contributed by atoms with van der Waals surface area (Å²) >= 11 is 3.52. The quantitative estimate of drug-likeness (QED) is 0.813. The molecule has 3 heteroatoms. The van der Waals surface area contributed by atoms with Crippen molar-refractivity contribution in [1.82, 2.24) is 0 Å². The molecule has 0 aliphatic carbocycles. The van der Waals surface area contributed by atoms with Crippen LogP contribution >= 0.6 is 15.9 Å². The van der Waals surface area contributed by atoms with E-state index in [0.717, 1.165) is 34.4 Å². The topological polar surface area (TPSA) is 38.0 Å². The molecule has 14 heavy (non-hydrogen) atoms. The predicted octanol–water partition coefficient (Wildman–Crippen LogP) is 3.47. The van der Waals surface area contributed by atoms with Crippen molar-refractivity contribution in [2.75, 3.05) is 17.6 Å². The summed E-state index contributed by atoms with van der Waals surface area (Å²) in [6.07, 6.45) is 1.10. The highest BCUT2D eigenvalue weighted by Gasteiger charge is 2.07. The van der Waals surface area contributed by atoms with E-state index in [1.54, 1.807) is 0 Å². The average Bonchev–Trinajstić information content (AvgIpc) is 2.18. The van der Waals surface area contributed by atoms with Crippen molar-refractivity contribution in [3.05, 3.63) is 21.7 Å². The van der Waals surface area contributed by atoms with Crippen LogP contribution in [0.25, 0.3) is 0 Å². The van der Waals surface area contributed by atoms with Gasteiger partial charge in [-0.25, -0.2) is 0 Å². The van der Waals surface area contributed by atoms with Gasteiger partial charge in [0.1, 0.15) is 0 Å². The van der Waals surface area contributed by atoms with E-state index in [-0.39, 0.29) is 0 Å². The third kappa shape index (κ3) is 2.21. The maximum atomic E-state index is 6.00. The summed E-state index contributed by atoms with van der Waals surface area (Å²) in [4.78, 5) is 0. The molecular formula is C11H17BrN2. The zero-order chi connectivity index (χ0) is 10.7. The Morgan fingerprint density at radius 2 is 2.07 bits per heavy atom. The molecule has 0 bridgehead atoms. The average molecular weight is 257 g/mol. The zero-order valence-electron chi connectivity index (χ0n) is 8.95. The summed E-state index contributed by atoms with van der Waals surface area (Å²) in [5, 5.41) is 3.33. The van der Waals surface area contributed by atoms with Crippen LogP contribution in [-0.2, 0) is 0 Å². The second-order valence-corrected chi connectivity index (χ2v) is 4.31. The molecule has 0 unspecified atom stereocenters. The molecule has 78 valence electrons. The van der Waals surface area contributed by atoms with Gasteiger partial charge < -0.3 is 11.1 Å². The van der Waals surface area contributed by atoms with Crippen LogP contribution in [0.15, 0.2) is 10.5 Å². The molecule has 0 saturated heterocycles.